The van der Waals surface area contributed by atoms with Gasteiger partial charge in [-0.3, -0.25) is 0 Å². The molecule has 1 aromatic carbocycles. The van der Waals surface area contributed by atoms with Crippen LogP contribution in [0, 0.1) is 0 Å². The van der Waals surface area contributed by atoms with Gasteiger partial charge >= 0.3 is 0 Å². The molecule has 2 aromatic rings. The molecule has 0 aliphatic rings. The summed E-state index contributed by atoms with van der Waals surface area (Å²) < 4.78 is 5.82. The molecular formula is C14H17NOS. The van der Waals surface area contributed by atoms with Gasteiger partial charge in [0, 0.05) is 6.54 Å². The molecule has 0 saturated heterocycles. The van der Waals surface area contributed by atoms with Gasteiger partial charge in [-0.05, 0) is 34.4 Å². The lowest BCUT2D eigenvalue weighted by molar-refractivity contribution is 0.0612. The molecule has 0 bridgehead atoms. The zero-order chi connectivity index (χ0) is 11.9. The summed E-state index contributed by atoms with van der Waals surface area (Å²) in [6.07, 6.45) is 0.964. The Balaban J connectivity index is 1.81. The molecule has 2 N–H and O–H groups in total. The molecule has 0 radical (unpaired) electrons. The molecule has 0 saturated carbocycles. The third-order valence-electron chi connectivity index (χ3n) is 2.68. The molecule has 1 atom stereocenters. The van der Waals surface area contributed by atoms with Crippen LogP contribution in [0.1, 0.15) is 17.2 Å². The third-order valence-corrected chi connectivity index (χ3v) is 3.38. The Bertz CT molecular complexity index is 413. The molecular weight excluding hydrogens is 230 g/mol. The molecule has 2 rings (SSSR count). The predicted octanol–water partition coefficient (Wildman–Crippen LogP) is 3.01. The van der Waals surface area contributed by atoms with Gasteiger partial charge in [-0.25, -0.2) is 0 Å². The van der Waals surface area contributed by atoms with Crippen LogP contribution in [0.5, 0.6) is 0 Å². The molecule has 0 aliphatic carbocycles. The summed E-state index contributed by atoms with van der Waals surface area (Å²) in [6.45, 7) is 1.24. The SMILES string of the molecule is NCC(OCCc1ccccc1)c1ccsc1. The van der Waals surface area contributed by atoms with Gasteiger partial charge in [-0.2, -0.15) is 11.3 Å². The number of hydrogen-bond donors (Lipinski definition) is 1. The molecule has 0 aliphatic heterocycles. The van der Waals surface area contributed by atoms with Gasteiger partial charge in [0.15, 0.2) is 0 Å². The Hall–Kier alpha value is -1.16. The minimum Gasteiger partial charge on any atom is -0.372 e. The summed E-state index contributed by atoms with van der Waals surface area (Å²) in [5, 5.41) is 4.15. The molecule has 1 heterocycles. The van der Waals surface area contributed by atoms with E-state index in [9.17, 15) is 0 Å². The molecule has 0 spiro atoms. The van der Waals surface area contributed by atoms with Crippen molar-refractivity contribution >= 4 is 11.3 Å². The van der Waals surface area contributed by atoms with Crippen LogP contribution in [-0.4, -0.2) is 13.2 Å². The first-order valence-corrected chi connectivity index (χ1v) is 6.72. The van der Waals surface area contributed by atoms with Gasteiger partial charge in [0.2, 0.25) is 0 Å². The number of rotatable bonds is 6. The van der Waals surface area contributed by atoms with Gasteiger partial charge < -0.3 is 10.5 Å². The summed E-state index contributed by atoms with van der Waals surface area (Å²) in [4.78, 5) is 0. The molecule has 0 amide bonds. The fourth-order valence-electron chi connectivity index (χ4n) is 1.72. The zero-order valence-corrected chi connectivity index (χ0v) is 10.5. The van der Waals surface area contributed by atoms with Crippen LogP contribution in [-0.2, 0) is 11.2 Å². The highest BCUT2D eigenvalue weighted by Crippen LogP contribution is 2.19. The van der Waals surface area contributed by atoms with Crippen LogP contribution in [0.2, 0.25) is 0 Å². The first-order chi connectivity index (χ1) is 8.40. The van der Waals surface area contributed by atoms with Gasteiger partial charge in [-0.1, -0.05) is 30.3 Å². The molecule has 1 aromatic heterocycles. The van der Waals surface area contributed by atoms with Gasteiger partial charge in [0.05, 0.1) is 12.7 Å². The van der Waals surface area contributed by atoms with E-state index < -0.39 is 0 Å². The highest BCUT2D eigenvalue weighted by atomic mass is 32.1. The lowest BCUT2D eigenvalue weighted by atomic mass is 10.1. The molecule has 3 heteroatoms. The Labute approximate surface area is 106 Å². The van der Waals surface area contributed by atoms with Crippen LogP contribution >= 0.6 is 11.3 Å². The van der Waals surface area contributed by atoms with E-state index >= 15 is 0 Å². The topological polar surface area (TPSA) is 35.2 Å². The Morgan fingerprint density at radius 1 is 1.18 bits per heavy atom. The standard InChI is InChI=1S/C14H17NOS/c15-10-14(13-7-9-17-11-13)16-8-6-12-4-2-1-3-5-12/h1-5,7,9,11,14H,6,8,10,15H2. The predicted molar refractivity (Wildman–Crippen MR) is 72.2 cm³/mol. The average molecular weight is 247 g/mol. The second kappa shape index (κ2) is 6.55. The van der Waals surface area contributed by atoms with E-state index in [1.54, 1.807) is 11.3 Å². The molecule has 1 unspecified atom stereocenters. The van der Waals surface area contributed by atoms with Crippen molar-refractivity contribution in [2.24, 2.45) is 5.73 Å². The number of ether oxygens (including phenoxy) is 1. The molecule has 0 fully saturated rings. The lowest BCUT2D eigenvalue weighted by Gasteiger charge is -2.14. The molecule has 2 nitrogen and oxygen atoms in total. The van der Waals surface area contributed by atoms with Crippen LogP contribution < -0.4 is 5.73 Å². The maximum atomic E-state index is 5.82. The number of hydrogen-bond acceptors (Lipinski definition) is 3. The van der Waals surface area contributed by atoms with Crippen molar-refractivity contribution in [2.45, 2.75) is 12.5 Å². The maximum absolute atomic E-state index is 5.82. The summed E-state index contributed by atoms with van der Waals surface area (Å²) in [5.41, 5.74) is 8.21. The van der Waals surface area contributed by atoms with Crippen molar-refractivity contribution in [1.29, 1.82) is 0 Å². The normalized spacial score (nSPS) is 12.5. The highest BCUT2D eigenvalue weighted by molar-refractivity contribution is 7.07. The van der Waals surface area contributed by atoms with Crippen molar-refractivity contribution in [3.8, 4) is 0 Å². The highest BCUT2D eigenvalue weighted by Gasteiger charge is 2.09. The molecule has 90 valence electrons. The lowest BCUT2D eigenvalue weighted by Crippen LogP contribution is -2.16. The van der Waals surface area contributed by atoms with Crippen molar-refractivity contribution in [3.05, 3.63) is 58.3 Å². The Kier molecular flexibility index (Phi) is 4.74. The maximum Gasteiger partial charge on any atom is 0.0955 e. The second-order valence-electron chi connectivity index (χ2n) is 3.89. The third kappa shape index (κ3) is 3.66. The fourth-order valence-corrected chi connectivity index (χ4v) is 2.42. The van der Waals surface area contributed by atoms with Gasteiger partial charge in [0.25, 0.3) is 0 Å². The van der Waals surface area contributed by atoms with E-state index in [-0.39, 0.29) is 6.10 Å². The van der Waals surface area contributed by atoms with E-state index in [1.165, 1.54) is 11.1 Å². The number of nitrogens with two attached hydrogens (primary N) is 1. The van der Waals surface area contributed by atoms with Crippen molar-refractivity contribution < 1.29 is 4.74 Å². The summed E-state index contributed by atoms with van der Waals surface area (Å²) in [6, 6.07) is 12.4. The van der Waals surface area contributed by atoms with Crippen LogP contribution in [0.4, 0.5) is 0 Å². The first-order valence-electron chi connectivity index (χ1n) is 5.78. The number of thiophene rings is 1. The van der Waals surface area contributed by atoms with Crippen LogP contribution in [0.15, 0.2) is 47.2 Å². The second-order valence-corrected chi connectivity index (χ2v) is 4.67. The van der Waals surface area contributed by atoms with E-state index in [2.05, 4.69) is 41.1 Å². The van der Waals surface area contributed by atoms with Gasteiger partial charge in [0.1, 0.15) is 0 Å². The molecule has 17 heavy (non-hydrogen) atoms. The minimum atomic E-state index is 0.0324. The fraction of sp³-hybridized carbons (Fsp3) is 0.286. The Morgan fingerprint density at radius 3 is 2.65 bits per heavy atom. The Morgan fingerprint density at radius 2 is 2.00 bits per heavy atom. The summed E-state index contributed by atoms with van der Waals surface area (Å²) >= 11 is 1.68. The van der Waals surface area contributed by atoms with E-state index in [0.29, 0.717) is 13.2 Å². The smallest absolute Gasteiger partial charge is 0.0955 e. The van der Waals surface area contributed by atoms with E-state index in [0.717, 1.165) is 6.42 Å². The zero-order valence-electron chi connectivity index (χ0n) is 9.71. The van der Waals surface area contributed by atoms with Crippen molar-refractivity contribution in [1.82, 2.24) is 0 Å². The minimum absolute atomic E-state index is 0.0324. The van der Waals surface area contributed by atoms with Gasteiger partial charge in [-0.15, -0.1) is 0 Å². The monoisotopic (exact) mass is 247 g/mol. The van der Waals surface area contributed by atoms with Crippen molar-refractivity contribution in [2.75, 3.05) is 13.2 Å². The quantitative estimate of drug-likeness (QED) is 0.851. The summed E-state index contributed by atoms with van der Waals surface area (Å²) in [7, 11) is 0. The number of benzene rings is 1. The van der Waals surface area contributed by atoms with Crippen LogP contribution in [0.25, 0.3) is 0 Å². The first kappa shape index (κ1) is 12.3. The van der Waals surface area contributed by atoms with E-state index in [4.69, 9.17) is 10.5 Å². The van der Waals surface area contributed by atoms with Crippen molar-refractivity contribution in [3.63, 3.8) is 0 Å². The average Bonchev–Trinajstić information content (AvgIpc) is 2.90. The van der Waals surface area contributed by atoms with Crippen LogP contribution in [0.3, 0.4) is 0 Å². The van der Waals surface area contributed by atoms with E-state index in [1.807, 2.05) is 6.07 Å². The largest absolute Gasteiger partial charge is 0.372 e. The summed E-state index contributed by atoms with van der Waals surface area (Å²) in [5.74, 6) is 0.